The van der Waals surface area contributed by atoms with Crippen molar-refractivity contribution in [2.24, 2.45) is 0 Å². The summed E-state index contributed by atoms with van der Waals surface area (Å²) >= 11 is 0. The van der Waals surface area contributed by atoms with Gasteiger partial charge in [-0.05, 0) is 47.0 Å². The molecule has 0 aliphatic heterocycles. The molecule has 1 atom stereocenters. The highest BCUT2D eigenvalue weighted by molar-refractivity contribution is 7.90. The Bertz CT molecular complexity index is 1580. The van der Waals surface area contributed by atoms with Crippen molar-refractivity contribution >= 4 is 28.0 Å². The third-order valence-corrected chi connectivity index (χ3v) is 7.17. The van der Waals surface area contributed by atoms with Gasteiger partial charge in [0.15, 0.2) is 0 Å². The standard InChI is InChI=1S/C29H27N3O7S/c1-32(2)26(33)22-15-13-21(14-16-22)23-10-6-11-24(18-23)28(39-27(34)25-12-7-17-30-25)40(36,37)31-29(35)38-19-20-8-4-3-5-9-20/h3-18,28,30H,19H2,1-2H3,(H,31,35). The summed E-state index contributed by atoms with van der Waals surface area (Å²) in [6.45, 7) is -0.156. The number of amides is 2. The van der Waals surface area contributed by atoms with Crippen LogP contribution in [0.15, 0.2) is 97.2 Å². The van der Waals surface area contributed by atoms with Gasteiger partial charge in [0.25, 0.3) is 15.9 Å². The maximum absolute atomic E-state index is 13.3. The minimum absolute atomic E-state index is 0.0316. The molecule has 4 rings (SSSR count). The van der Waals surface area contributed by atoms with Gasteiger partial charge >= 0.3 is 12.1 Å². The Kier molecular flexibility index (Phi) is 8.65. The lowest BCUT2D eigenvalue weighted by atomic mass is 10.0. The highest BCUT2D eigenvalue weighted by Crippen LogP contribution is 2.29. The highest BCUT2D eigenvalue weighted by Gasteiger charge is 2.34. The number of benzene rings is 3. The smallest absolute Gasteiger partial charge is 0.421 e. The molecule has 3 aromatic carbocycles. The van der Waals surface area contributed by atoms with Crippen LogP contribution < -0.4 is 4.72 Å². The van der Waals surface area contributed by atoms with E-state index in [0.717, 1.165) is 0 Å². The molecule has 11 heteroatoms. The molecule has 4 aromatic rings. The van der Waals surface area contributed by atoms with Crippen molar-refractivity contribution < 1.29 is 32.3 Å². The van der Waals surface area contributed by atoms with Crippen molar-refractivity contribution in [2.75, 3.05) is 14.1 Å². The molecule has 206 valence electrons. The van der Waals surface area contributed by atoms with Gasteiger partial charge in [-0.15, -0.1) is 0 Å². The minimum atomic E-state index is -4.62. The average molecular weight is 562 g/mol. The molecule has 40 heavy (non-hydrogen) atoms. The van der Waals surface area contributed by atoms with E-state index in [1.165, 1.54) is 29.3 Å². The van der Waals surface area contributed by atoms with Crippen LogP contribution in [0.3, 0.4) is 0 Å². The number of nitrogens with one attached hydrogen (secondary N) is 2. The van der Waals surface area contributed by atoms with E-state index in [1.807, 2.05) is 4.72 Å². The third kappa shape index (κ3) is 6.94. The maximum Gasteiger partial charge on any atom is 0.421 e. The van der Waals surface area contributed by atoms with E-state index >= 15 is 0 Å². The molecule has 1 unspecified atom stereocenters. The Labute approximate surface area is 231 Å². The fraction of sp³-hybridized carbons (Fsp3) is 0.138. The summed E-state index contributed by atoms with van der Waals surface area (Å²) in [6.07, 6.45) is 0.270. The Morgan fingerprint density at radius 3 is 2.25 bits per heavy atom. The molecule has 0 radical (unpaired) electrons. The summed E-state index contributed by atoms with van der Waals surface area (Å²) in [4.78, 5) is 41.5. The molecular weight excluding hydrogens is 534 g/mol. The second kappa shape index (κ2) is 12.3. The van der Waals surface area contributed by atoms with E-state index in [4.69, 9.17) is 9.47 Å². The van der Waals surface area contributed by atoms with E-state index < -0.39 is 27.5 Å². The number of hydrogen-bond acceptors (Lipinski definition) is 7. The fourth-order valence-electron chi connectivity index (χ4n) is 3.78. The summed E-state index contributed by atoms with van der Waals surface area (Å²) in [5.41, 5.74) is 0.683. The molecule has 2 amide bonds. The van der Waals surface area contributed by atoms with E-state index in [2.05, 4.69) is 4.98 Å². The predicted octanol–water partition coefficient (Wildman–Crippen LogP) is 4.50. The van der Waals surface area contributed by atoms with Crippen LogP contribution in [0.5, 0.6) is 0 Å². The number of H-pyrrole nitrogens is 1. The zero-order valence-electron chi connectivity index (χ0n) is 21.7. The van der Waals surface area contributed by atoms with Gasteiger partial charge in [0, 0.05) is 31.4 Å². The molecule has 1 aromatic heterocycles. The lowest BCUT2D eigenvalue weighted by Crippen LogP contribution is -2.36. The molecule has 0 saturated heterocycles. The summed E-state index contributed by atoms with van der Waals surface area (Å²) in [5, 5.41) is 0. The van der Waals surface area contributed by atoms with Crippen LogP contribution in [0, 0.1) is 0 Å². The first-order valence-electron chi connectivity index (χ1n) is 12.1. The lowest BCUT2D eigenvalue weighted by Gasteiger charge is -2.19. The van der Waals surface area contributed by atoms with Crippen LogP contribution in [-0.4, -0.2) is 50.4 Å². The highest BCUT2D eigenvalue weighted by atomic mass is 32.2. The monoisotopic (exact) mass is 561 g/mol. The Morgan fingerprint density at radius 2 is 1.60 bits per heavy atom. The summed E-state index contributed by atoms with van der Waals surface area (Å²) in [7, 11) is -1.32. The number of rotatable bonds is 9. The van der Waals surface area contributed by atoms with Crippen LogP contribution in [0.25, 0.3) is 11.1 Å². The molecule has 10 nitrogen and oxygen atoms in total. The Hall–Kier alpha value is -4.90. The quantitative estimate of drug-likeness (QED) is 0.287. The summed E-state index contributed by atoms with van der Waals surface area (Å²) in [5.74, 6) is -1.09. The number of nitrogens with zero attached hydrogens (tertiary/aromatic N) is 1. The third-order valence-electron chi connectivity index (χ3n) is 5.78. The minimum Gasteiger partial charge on any atom is -0.444 e. The zero-order chi connectivity index (χ0) is 28.7. The van der Waals surface area contributed by atoms with Gasteiger partial charge in [0.1, 0.15) is 12.3 Å². The number of carbonyl (C=O) groups excluding carboxylic acids is 3. The molecule has 0 spiro atoms. The van der Waals surface area contributed by atoms with E-state index in [1.54, 1.807) is 86.9 Å². The van der Waals surface area contributed by atoms with Crippen molar-refractivity contribution in [2.45, 2.75) is 12.0 Å². The van der Waals surface area contributed by atoms with E-state index in [-0.39, 0.29) is 23.8 Å². The van der Waals surface area contributed by atoms with Crippen LogP contribution in [0.1, 0.15) is 37.4 Å². The topological polar surface area (TPSA) is 135 Å². The van der Waals surface area contributed by atoms with Crippen LogP contribution in [-0.2, 0) is 26.1 Å². The number of esters is 1. The Balaban J connectivity index is 1.60. The number of ether oxygens (including phenoxy) is 2. The number of hydrogen-bond donors (Lipinski definition) is 2. The van der Waals surface area contributed by atoms with Gasteiger partial charge in [-0.1, -0.05) is 60.7 Å². The number of aromatic nitrogens is 1. The normalized spacial score (nSPS) is 11.8. The van der Waals surface area contributed by atoms with Gasteiger partial charge in [-0.3, -0.25) is 4.79 Å². The predicted molar refractivity (Wildman–Crippen MR) is 148 cm³/mol. The first-order chi connectivity index (χ1) is 19.1. The van der Waals surface area contributed by atoms with Crippen molar-refractivity contribution in [3.05, 3.63) is 120 Å². The number of sulfonamides is 1. The van der Waals surface area contributed by atoms with Gasteiger partial charge in [-0.2, -0.15) is 0 Å². The first-order valence-corrected chi connectivity index (χ1v) is 13.7. The molecule has 0 aliphatic rings. The molecule has 1 heterocycles. The zero-order valence-corrected chi connectivity index (χ0v) is 22.6. The fourth-order valence-corrected chi connectivity index (χ4v) is 4.90. The van der Waals surface area contributed by atoms with Crippen molar-refractivity contribution in [1.82, 2.24) is 14.6 Å². The average Bonchev–Trinajstić information content (AvgIpc) is 3.50. The van der Waals surface area contributed by atoms with Gasteiger partial charge in [0.2, 0.25) is 5.44 Å². The van der Waals surface area contributed by atoms with Gasteiger partial charge < -0.3 is 19.4 Å². The van der Waals surface area contributed by atoms with Crippen LogP contribution >= 0.6 is 0 Å². The van der Waals surface area contributed by atoms with Crippen LogP contribution in [0.4, 0.5) is 4.79 Å². The molecule has 0 bridgehead atoms. The maximum atomic E-state index is 13.3. The largest absolute Gasteiger partial charge is 0.444 e. The van der Waals surface area contributed by atoms with Gasteiger partial charge in [-0.25, -0.2) is 22.7 Å². The second-order valence-corrected chi connectivity index (χ2v) is 10.7. The molecule has 0 saturated carbocycles. The number of carbonyl (C=O) groups is 3. The van der Waals surface area contributed by atoms with E-state index in [0.29, 0.717) is 22.3 Å². The molecule has 0 aliphatic carbocycles. The summed E-state index contributed by atoms with van der Waals surface area (Å²) in [6, 6.07) is 24.8. The molecule has 2 N–H and O–H groups in total. The second-order valence-electron chi connectivity index (χ2n) is 8.93. The van der Waals surface area contributed by atoms with Gasteiger partial charge in [0.05, 0.1) is 0 Å². The van der Waals surface area contributed by atoms with Crippen molar-refractivity contribution in [3.63, 3.8) is 0 Å². The molecule has 0 fully saturated rings. The van der Waals surface area contributed by atoms with Crippen molar-refractivity contribution in [1.29, 1.82) is 0 Å². The molecular formula is C29H27N3O7S. The van der Waals surface area contributed by atoms with E-state index in [9.17, 15) is 22.8 Å². The SMILES string of the molecule is CN(C)C(=O)c1ccc(-c2cccc(C(OC(=O)c3ccc[nH]3)S(=O)(=O)NC(=O)OCc3ccccc3)c2)cc1. The first kappa shape index (κ1) is 28.1. The van der Waals surface area contributed by atoms with Crippen LogP contribution in [0.2, 0.25) is 0 Å². The lowest BCUT2D eigenvalue weighted by molar-refractivity contribution is 0.0431. The summed E-state index contributed by atoms with van der Waals surface area (Å²) < 4.78 is 39.0. The number of aromatic amines is 1. The van der Waals surface area contributed by atoms with Crippen molar-refractivity contribution in [3.8, 4) is 11.1 Å². The Morgan fingerprint density at radius 1 is 0.875 bits per heavy atom.